The molecule has 0 aliphatic carbocycles. The number of hydrogen-bond donors (Lipinski definition) is 2. The van der Waals surface area contributed by atoms with Crippen LogP contribution in [0.2, 0.25) is 15.1 Å². The van der Waals surface area contributed by atoms with Crippen LogP contribution in [0.3, 0.4) is 0 Å². The van der Waals surface area contributed by atoms with Gasteiger partial charge in [0.15, 0.2) is 0 Å². The molecule has 1 atom stereocenters. The van der Waals surface area contributed by atoms with Gasteiger partial charge in [0.05, 0.1) is 16.8 Å². The van der Waals surface area contributed by atoms with Gasteiger partial charge in [-0.3, -0.25) is 4.79 Å². The van der Waals surface area contributed by atoms with Crippen LogP contribution in [0.15, 0.2) is 48.5 Å². The number of carbonyl (C=O) groups is 1. The summed E-state index contributed by atoms with van der Waals surface area (Å²) in [6, 6.07) is 14.1. The average Bonchev–Trinajstić information content (AvgIpc) is 2.74. The van der Waals surface area contributed by atoms with Gasteiger partial charge >= 0.3 is 0 Å². The predicted molar refractivity (Wildman–Crippen MR) is 137 cm³/mol. The number of nitrogens with one attached hydrogen (secondary N) is 1. The van der Waals surface area contributed by atoms with E-state index >= 15 is 0 Å². The maximum absolute atomic E-state index is 12.6. The molecule has 3 aromatic rings. The second kappa shape index (κ2) is 9.04. The zero-order valence-corrected chi connectivity index (χ0v) is 21.5. The maximum Gasteiger partial charge on any atom is 0.251 e. The van der Waals surface area contributed by atoms with Crippen molar-refractivity contribution < 1.29 is 14.6 Å². The van der Waals surface area contributed by atoms with Crippen LogP contribution in [0.1, 0.15) is 45.7 Å². The van der Waals surface area contributed by atoms with Gasteiger partial charge in [-0.1, -0.05) is 46.9 Å². The number of carbonyl (C=O) groups excluding carboxylic acids is 1. The quantitative estimate of drug-likeness (QED) is 0.395. The minimum absolute atomic E-state index is 0.390. The highest BCUT2D eigenvalue weighted by Gasteiger charge is 2.38. The molecule has 0 radical (unpaired) electrons. The second-order valence-electron chi connectivity index (χ2n) is 9.56. The number of aromatic nitrogens is 1. The summed E-state index contributed by atoms with van der Waals surface area (Å²) in [4.78, 5) is 17.5. The molecule has 5 nitrogen and oxygen atoms in total. The molecular weight excluding hydrogens is 495 g/mol. The van der Waals surface area contributed by atoms with Crippen LogP contribution in [0.4, 0.5) is 0 Å². The minimum atomic E-state index is -1.52. The van der Waals surface area contributed by atoms with Gasteiger partial charge in [0.25, 0.3) is 5.91 Å². The fraction of sp³-hybridized carbons (Fsp3) is 0.308. The number of ether oxygens (including phenoxy) is 1. The van der Waals surface area contributed by atoms with E-state index in [9.17, 15) is 9.90 Å². The van der Waals surface area contributed by atoms with Crippen molar-refractivity contribution in [2.45, 2.75) is 51.4 Å². The number of pyridine rings is 1. The second-order valence-corrected chi connectivity index (χ2v) is 10.8. The van der Waals surface area contributed by atoms with Crippen LogP contribution in [0, 0.1) is 0 Å². The lowest BCUT2D eigenvalue weighted by atomic mass is 9.88. The van der Waals surface area contributed by atoms with E-state index in [2.05, 4.69) is 5.32 Å². The molecule has 0 spiro atoms. The van der Waals surface area contributed by atoms with Crippen molar-refractivity contribution in [3.63, 3.8) is 0 Å². The third kappa shape index (κ3) is 5.18. The molecule has 0 fully saturated rings. The van der Waals surface area contributed by atoms with Crippen molar-refractivity contribution in [2.24, 2.45) is 0 Å². The van der Waals surface area contributed by atoms with E-state index in [0.717, 1.165) is 11.1 Å². The summed E-state index contributed by atoms with van der Waals surface area (Å²) < 4.78 is 6.24. The number of amides is 1. The normalized spacial score (nSPS) is 17.0. The van der Waals surface area contributed by atoms with Gasteiger partial charge in [-0.05, 0) is 69.7 Å². The summed E-state index contributed by atoms with van der Waals surface area (Å²) in [6.45, 7) is 6.77. The smallest absolute Gasteiger partial charge is 0.251 e. The summed E-state index contributed by atoms with van der Waals surface area (Å²) >= 11 is 19.0. The Labute approximate surface area is 214 Å². The van der Waals surface area contributed by atoms with Gasteiger partial charge < -0.3 is 15.2 Å². The number of rotatable bonds is 4. The number of hydrogen-bond acceptors (Lipinski definition) is 4. The molecule has 178 valence electrons. The third-order valence-electron chi connectivity index (χ3n) is 5.66. The summed E-state index contributed by atoms with van der Waals surface area (Å²) in [5.74, 6) is -0.0859. The molecular formula is C26H25Cl3N2O3. The van der Waals surface area contributed by atoms with Gasteiger partial charge in [-0.25, -0.2) is 4.98 Å². The monoisotopic (exact) mass is 518 g/mol. The van der Waals surface area contributed by atoms with Crippen molar-refractivity contribution in [3.05, 3.63) is 69.2 Å². The van der Waals surface area contributed by atoms with Crippen LogP contribution in [-0.4, -0.2) is 27.2 Å². The summed E-state index contributed by atoms with van der Waals surface area (Å²) in [6.07, 6.45) is 0.501. The summed E-state index contributed by atoms with van der Waals surface area (Å²) in [7, 11) is 0. The molecule has 1 aliphatic heterocycles. The number of benzene rings is 2. The number of nitrogens with zero attached hydrogens (tertiary/aromatic N) is 1. The van der Waals surface area contributed by atoms with Gasteiger partial charge in [-0.15, -0.1) is 0 Å². The van der Waals surface area contributed by atoms with E-state index in [0.29, 0.717) is 44.2 Å². The van der Waals surface area contributed by atoms with Gasteiger partial charge in [0.1, 0.15) is 11.2 Å². The molecule has 8 heteroatoms. The zero-order chi connectivity index (χ0) is 24.8. The molecule has 2 N–H and O–H groups in total. The van der Waals surface area contributed by atoms with Crippen LogP contribution in [0.5, 0.6) is 5.88 Å². The summed E-state index contributed by atoms with van der Waals surface area (Å²) in [5.41, 5.74) is 1.49. The zero-order valence-electron chi connectivity index (χ0n) is 19.2. The molecule has 0 saturated heterocycles. The van der Waals surface area contributed by atoms with Crippen molar-refractivity contribution in [2.75, 3.05) is 0 Å². The Bertz CT molecular complexity index is 1250. The molecule has 34 heavy (non-hydrogen) atoms. The molecule has 2 heterocycles. The molecule has 0 saturated carbocycles. The Morgan fingerprint density at radius 3 is 2.35 bits per heavy atom. The number of halogens is 3. The van der Waals surface area contributed by atoms with Gasteiger partial charge in [-0.2, -0.15) is 0 Å². The van der Waals surface area contributed by atoms with E-state index in [-0.39, 0.29) is 0 Å². The first-order valence-electron chi connectivity index (χ1n) is 10.8. The summed E-state index contributed by atoms with van der Waals surface area (Å²) in [5, 5.41) is 14.8. The van der Waals surface area contributed by atoms with Gasteiger partial charge in [0.2, 0.25) is 5.88 Å². The first-order chi connectivity index (χ1) is 15.8. The standard InChI is InChI=1S/C26H25Cl3N2O3/c1-25(2)13-21(30-24(32)26(3,4)33)19-12-17(14-5-7-15(27)8-6-14)22(31-23(19)34-25)18-11-16(28)9-10-20(18)29/h5-12,21,33H,13H2,1-4H3,(H,30,32). The topological polar surface area (TPSA) is 71.5 Å². The molecule has 1 amide bonds. The largest absolute Gasteiger partial charge is 0.471 e. The maximum atomic E-state index is 12.6. The SMILES string of the molecule is CC1(C)CC(NC(=O)C(C)(C)O)c2cc(-c3ccc(Cl)cc3)c(-c3cc(Cl)ccc3Cl)nc2O1. The fourth-order valence-electron chi connectivity index (χ4n) is 3.95. The van der Waals surface area contributed by atoms with Crippen LogP contribution >= 0.6 is 34.8 Å². The van der Waals surface area contributed by atoms with E-state index in [1.165, 1.54) is 13.8 Å². The average molecular weight is 520 g/mol. The van der Waals surface area contributed by atoms with Crippen LogP contribution in [-0.2, 0) is 4.79 Å². The van der Waals surface area contributed by atoms with Crippen LogP contribution < -0.4 is 10.1 Å². The minimum Gasteiger partial charge on any atom is -0.471 e. The van der Waals surface area contributed by atoms with Crippen molar-refractivity contribution in [1.82, 2.24) is 10.3 Å². The van der Waals surface area contributed by atoms with Gasteiger partial charge in [0, 0.05) is 33.2 Å². The number of fused-ring (bicyclic) bond motifs is 1. The Kier molecular flexibility index (Phi) is 6.60. The lowest BCUT2D eigenvalue weighted by molar-refractivity contribution is -0.137. The lowest BCUT2D eigenvalue weighted by Crippen LogP contribution is -2.47. The Morgan fingerprint density at radius 2 is 1.71 bits per heavy atom. The van der Waals surface area contributed by atoms with E-state index in [1.54, 1.807) is 30.3 Å². The van der Waals surface area contributed by atoms with E-state index < -0.39 is 23.2 Å². The van der Waals surface area contributed by atoms with E-state index in [1.807, 2.05) is 32.0 Å². The van der Waals surface area contributed by atoms with Crippen molar-refractivity contribution >= 4 is 40.7 Å². The number of aliphatic hydroxyl groups is 1. The highest BCUT2D eigenvalue weighted by Crippen LogP contribution is 2.45. The van der Waals surface area contributed by atoms with Crippen molar-refractivity contribution in [3.8, 4) is 28.3 Å². The Balaban J connectivity index is 1.94. The van der Waals surface area contributed by atoms with E-state index in [4.69, 9.17) is 44.5 Å². The fourth-order valence-corrected chi connectivity index (χ4v) is 4.45. The first-order valence-corrected chi connectivity index (χ1v) is 12.0. The highest BCUT2D eigenvalue weighted by atomic mass is 35.5. The Hall–Kier alpha value is -2.31. The Morgan fingerprint density at radius 1 is 1.06 bits per heavy atom. The molecule has 2 aromatic carbocycles. The molecule has 1 aliphatic rings. The lowest BCUT2D eigenvalue weighted by Gasteiger charge is -2.38. The molecule has 1 aromatic heterocycles. The van der Waals surface area contributed by atoms with Crippen LogP contribution in [0.25, 0.3) is 22.4 Å². The third-order valence-corrected chi connectivity index (χ3v) is 6.48. The highest BCUT2D eigenvalue weighted by molar-refractivity contribution is 6.35. The molecule has 4 rings (SSSR count). The molecule has 1 unspecified atom stereocenters. The predicted octanol–water partition coefficient (Wildman–Crippen LogP) is 6.87. The van der Waals surface area contributed by atoms with Crippen molar-refractivity contribution in [1.29, 1.82) is 0 Å². The first kappa shape index (κ1) is 24.8. The molecule has 0 bridgehead atoms.